The van der Waals surface area contributed by atoms with Crippen LogP contribution >= 0.6 is 0 Å². The molecule has 1 heterocycles. The molecule has 120 valence electrons. The minimum absolute atomic E-state index is 0.0165. The molecule has 1 unspecified atom stereocenters. The molecule has 0 radical (unpaired) electrons. The molecular formula is C17H23NO3S. The summed E-state index contributed by atoms with van der Waals surface area (Å²) in [4.78, 5) is 12.0. The van der Waals surface area contributed by atoms with Crippen molar-refractivity contribution >= 4 is 21.8 Å². The van der Waals surface area contributed by atoms with Crippen LogP contribution in [0.15, 0.2) is 30.3 Å². The van der Waals surface area contributed by atoms with E-state index in [-0.39, 0.29) is 17.4 Å². The second kappa shape index (κ2) is 6.24. The van der Waals surface area contributed by atoms with Crippen LogP contribution in [0.4, 0.5) is 0 Å². The van der Waals surface area contributed by atoms with Crippen LogP contribution in [0, 0.1) is 0 Å². The minimum Gasteiger partial charge on any atom is -0.346 e. The molecule has 0 saturated carbocycles. The molecule has 0 spiro atoms. The van der Waals surface area contributed by atoms with Crippen LogP contribution in [0.5, 0.6) is 0 Å². The zero-order valence-corrected chi connectivity index (χ0v) is 14.1. The number of nitrogens with one attached hydrogen (secondary N) is 1. The van der Waals surface area contributed by atoms with Gasteiger partial charge in [-0.25, -0.2) is 8.42 Å². The minimum atomic E-state index is -3.02. The van der Waals surface area contributed by atoms with E-state index >= 15 is 0 Å². The SMILES string of the molecule is CC(C)c1ccc(C=CC(=O)NC2(C)CCS(=O)(=O)C2)cc1. The monoisotopic (exact) mass is 321 g/mol. The van der Waals surface area contributed by atoms with Crippen molar-refractivity contribution in [2.75, 3.05) is 11.5 Å². The average Bonchev–Trinajstić information content (AvgIpc) is 2.70. The Hall–Kier alpha value is -1.62. The normalized spacial score (nSPS) is 24.0. The molecule has 1 fully saturated rings. The molecule has 4 nitrogen and oxygen atoms in total. The number of rotatable bonds is 4. The predicted octanol–water partition coefficient (Wildman–Crippen LogP) is 2.52. The molecule has 0 aromatic heterocycles. The van der Waals surface area contributed by atoms with E-state index in [2.05, 4.69) is 19.2 Å². The van der Waals surface area contributed by atoms with Gasteiger partial charge in [0.05, 0.1) is 17.0 Å². The average molecular weight is 321 g/mol. The molecule has 1 N–H and O–H groups in total. The summed E-state index contributed by atoms with van der Waals surface area (Å²) in [5, 5.41) is 2.81. The Morgan fingerprint density at radius 3 is 2.41 bits per heavy atom. The maximum atomic E-state index is 12.0. The largest absolute Gasteiger partial charge is 0.346 e. The van der Waals surface area contributed by atoms with Crippen molar-refractivity contribution in [3.05, 3.63) is 41.5 Å². The summed E-state index contributed by atoms with van der Waals surface area (Å²) < 4.78 is 23.0. The van der Waals surface area contributed by atoms with Crippen molar-refractivity contribution in [1.82, 2.24) is 5.32 Å². The van der Waals surface area contributed by atoms with Crippen LogP contribution in [-0.4, -0.2) is 31.4 Å². The molecule has 1 aromatic rings. The number of hydrogen-bond acceptors (Lipinski definition) is 3. The molecule has 2 rings (SSSR count). The molecule has 5 heteroatoms. The Labute approximate surface area is 132 Å². The van der Waals surface area contributed by atoms with Gasteiger partial charge >= 0.3 is 0 Å². The maximum Gasteiger partial charge on any atom is 0.244 e. The quantitative estimate of drug-likeness (QED) is 0.867. The third-order valence-corrected chi connectivity index (χ3v) is 5.86. The van der Waals surface area contributed by atoms with Crippen molar-refractivity contribution in [2.45, 2.75) is 38.6 Å². The van der Waals surface area contributed by atoms with Gasteiger partial charge in [0.25, 0.3) is 0 Å². The molecule has 1 saturated heterocycles. The third kappa shape index (κ3) is 4.44. The van der Waals surface area contributed by atoms with Gasteiger partial charge in [0.15, 0.2) is 9.84 Å². The van der Waals surface area contributed by atoms with Crippen LogP contribution in [0.2, 0.25) is 0 Å². The number of sulfone groups is 1. The Morgan fingerprint density at radius 1 is 1.27 bits per heavy atom. The fourth-order valence-electron chi connectivity index (χ4n) is 2.61. The second-order valence-corrected chi connectivity index (χ2v) is 8.73. The third-order valence-electron chi connectivity index (χ3n) is 3.96. The van der Waals surface area contributed by atoms with E-state index in [0.29, 0.717) is 12.3 Å². The zero-order valence-electron chi connectivity index (χ0n) is 13.3. The summed E-state index contributed by atoms with van der Waals surface area (Å²) in [6.45, 7) is 6.05. The highest BCUT2D eigenvalue weighted by atomic mass is 32.2. The molecular weight excluding hydrogens is 298 g/mol. The molecule has 1 aliphatic rings. The molecule has 0 bridgehead atoms. The Bertz CT molecular complexity index is 674. The Morgan fingerprint density at radius 2 is 1.91 bits per heavy atom. The van der Waals surface area contributed by atoms with E-state index in [0.717, 1.165) is 5.56 Å². The van der Waals surface area contributed by atoms with Crippen LogP contribution < -0.4 is 5.32 Å². The van der Waals surface area contributed by atoms with Crippen LogP contribution in [0.1, 0.15) is 44.2 Å². The molecule has 1 atom stereocenters. The highest BCUT2D eigenvalue weighted by Crippen LogP contribution is 2.22. The van der Waals surface area contributed by atoms with Gasteiger partial charge in [0.1, 0.15) is 0 Å². The molecule has 1 aromatic carbocycles. The molecule has 1 aliphatic heterocycles. The lowest BCUT2D eigenvalue weighted by atomic mass is 10.0. The highest BCUT2D eigenvalue weighted by molar-refractivity contribution is 7.91. The second-order valence-electron chi connectivity index (χ2n) is 6.55. The predicted molar refractivity (Wildman–Crippen MR) is 89.4 cm³/mol. The number of amides is 1. The smallest absolute Gasteiger partial charge is 0.244 e. The first-order valence-corrected chi connectivity index (χ1v) is 9.32. The lowest BCUT2D eigenvalue weighted by molar-refractivity contribution is -0.117. The van der Waals surface area contributed by atoms with Gasteiger partial charge in [0.2, 0.25) is 5.91 Å². The van der Waals surface area contributed by atoms with Crippen molar-refractivity contribution in [1.29, 1.82) is 0 Å². The molecule has 1 amide bonds. The van der Waals surface area contributed by atoms with Gasteiger partial charge in [-0.05, 0) is 36.5 Å². The van der Waals surface area contributed by atoms with Gasteiger partial charge in [-0.15, -0.1) is 0 Å². The van der Waals surface area contributed by atoms with Gasteiger partial charge in [0, 0.05) is 6.08 Å². The first kappa shape index (κ1) is 16.7. The van der Waals surface area contributed by atoms with E-state index in [9.17, 15) is 13.2 Å². The summed E-state index contributed by atoms with van der Waals surface area (Å²) in [6.07, 6.45) is 3.67. The first-order valence-electron chi connectivity index (χ1n) is 7.50. The van der Waals surface area contributed by atoms with Gasteiger partial charge in [-0.3, -0.25) is 4.79 Å². The number of benzene rings is 1. The van der Waals surface area contributed by atoms with Crippen molar-refractivity contribution < 1.29 is 13.2 Å². The van der Waals surface area contributed by atoms with Crippen molar-refractivity contribution in [2.24, 2.45) is 0 Å². The summed E-state index contributed by atoms with van der Waals surface area (Å²) in [6, 6.07) is 8.04. The summed E-state index contributed by atoms with van der Waals surface area (Å²) in [5.74, 6) is 0.380. The van der Waals surface area contributed by atoms with Gasteiger partial charge < -0.3 is 5.32 Å². The van der Waals surface area contributed by atoms with Crippen molar-refractivity contribution in [3.8, 4) is 0 Å². The van der Waals surface area contributed by atoms with Crippen molar-refractivity contribution in [3.63, 3.8) is 0 Å². The Kier molecular flexibility index (Phi) is 4.75. The van der Waals surface area contributed by atoms with Crippen LogP contribution in [0.25, 0.3) is 6.08 Å². The Balaban J connectivity index is 1.97. The standard InChI is InChI=1S/C17H23NO3S/c1-13(2)15-7-4-14(5-8-15)6-9-16(19)18-17(3)10-11-22(20,21)12-17/h4-9,13H,10-12H2,1-3H3,(H,18,19). The number of hydrogen-bond donors (Lipinski definition) is 1. The lowest BCUT2D eigenvalue weighted by Crippen LogP contribution is -2.46. The van der Waals surface area contributed by atoms with Gasteiger partial charge in [-0.2, -0.15) is 0 Å². The van der Waals surface area contributed by atoms with E-state index in [1.165, 1.54) is 11.6 Å². The fraction of sp³-hybridized carbons (Fsp3) is 0.471. The van der Waals surface area contributed by atoms with Crippen LogP contribution in [0.3, 0.4) is 0 Å². The lowest BCUT2D eigenvalue weighted by Gasteiger charge is -2.22. The van der Waals surface area contributed by atoms with E-state index in [1.54, 1.807) is 13.0 Å². The summed E-state index contributed by atoms with van der Waals surface area (Å²) in [7, 11) is -3.02. The maximum absolute atomic E-state index is 12.0. The van der Waals surface area contributed by atoms with E-state index in [1.807, 2.05) is 24.3 Å². The first-order chi connectivity index (χ1) is 10.2. The number of carbonyl (C=O) groups is 1. The summed E-state index contributed by atoms with van der Waals surface area (Å²) in [5.41, 5.74) is 1.55. The van der Waals surface area contributed by atoms with Gasteiger partial charge in [-0.1, -0.05) is 38.1 Å². The summed E-state index contributed by atoms with van der Waals surface area (Å²) >= 11 is 0. The molecule has 22 heavy (non-hydrogen) atoms. The highest BCUT2D eigenvalue weighted by Gasteiger charge is 2.38. The zero-order chi connectivity index (χ0) is 16.4. The van der Waals surface area contributed by atoms with Crippen LogP contribution in [-0.2, 0) is 14.6 Å². The fourth-order valence-corrected chi connectivity index (χ4v) is 4.71. The number of carbonyl (C=O) groups excluding carboxylic acids is 1. The topological polar surface area (TPSA) is 63.2 Å². The molecule has 0 aliphatic carbocycles. The van der Waals surface area contributed by atoms with E-state index in [4.69, 9.17) is 0 Å². The van der Waals surface area contributed by atoms with E-state index < -0.39 is 15.4 Å².